The number of likely N-dealkylation sites (tertiary alicyclic amines) is 1. The molecule has 1 unspecified atom stereocenters. The first kappa shape index (κ1) is 17.1. The van der Waals surface area contributed by atoms with E-state index in [2.05, 4.69) is 10.2 Å². The van der Waals surface area contributed by atoms with Crippen LogP contribution in [0.4, 0.5) is 0 Å². The zero-order valence-electron chi connectivity index (χ0n) is 13.0. The molecule has 0 aliphatic carbocycles. The van der Waals surface area contributed by atoms with E-state index in [0.29, 0.717) is 17.0 Å². The van der Waals surface area contributed by atoms with Crippen LogP contribution in [0.2, 0.25) is 0 Å². The minimum atomic E-state index is -0.124. The minimum Gasteiger partial charge on any atom is -0.395 e. The third kappa shape index (κ3) is 4.63. The van der Waals surface area contributed by atoms with E-state index in [4.69, 9.17) is 0 Å². The molecule has 1 fully saturated rings. The van der Waals surface area contributed by atoms with Crippen molar-refractivity contribution in [2.24, 2.45) is 0 Å². The second kappa shape index (κ2) is 8.41. The Kier molecular flexibility index (Phi) is 6.54. The summed E-state index contributed by atoms with van der Waals surface area (Å²) in [6.45, 7) is 4.26. The fourth-order valence-electron chi connectivity index (χ4n) is 2.79. The largest absolute Gasteiger partial charge is 0.395 e. The number of piperidine rings is 1. The van der Waals surface area contributed by atoms with Crippen LogP contribution in [0.3, 0.4) is 0 Å². The van der Waals surface area contributed by atoms with Crippen LogP contribution < -0.4 is 5.32 Å². The summed E-state index contributed by atoms with van der Waals surface area (Å²) in [6.07, 6.45) is 4.30. The Balaban J connectivity index is 1.71. The second-order valence-electron chi connectivity index (χ2n) is 5.73. The van der Waals surface area contributed by atoms with Gasteiger partial charge in [-0.05, 0) is 38.8 Å². The second-order valence-corrected chi connectivity index (χ2v) is 6.64. The van der Waals surface area contributed by atoms with Gasteiger partial charge in [0.25, 0.3) is 5.91 Å². The molecule has 1 aromatic rings. The number of hydrogen-bond donors (Lipinski definition) is 2. The normalized spacial score (nSPS) is 19.1. The maximum Gasteiger partial charge on any atom is 0.252 e. The Morgan fingerprint density at radius 3 is 2.95 bits per heavy atom. The maximum absolute atomic E-state index is 12.0. The van der Waals surface area contributed by atoms with Crippen LogP contribution >= 0.6 is 11.3 Å². The predicted octanol–water partition coefficient (Wildman–Crippen LogP) is 1.92. The molecule has 6 heteroatoms. The average molecular weight is 324 g/mol. The number of amides is 1. The number of nitrogens with zero attached hydrogens (tertiary/aromatic N) is 1. The molecule has 0 radical (unpaired) electrons. The quantitative estimate of drug-likeness (QED) is 0.594. The molecule has 1 aromatic heterocycles. The Morgan fingerprint density at radius 1 is 1.45 bits per heavy atom. The molecular weight excluding hydrogens is 300 g/mol. The molecule has 2 N–H and O–H groups in total. The highest BCUT2D eigenvalue weighted by Gasteiger charge is 2.20. The highest BCUT2D eigenvalue weighted by Crippen LogP contribution is 2.17. The summed E-state index contributed by atoms with van der Waals surface area (Å²) < 4.78 is 0. The van der Waals surface area contributed by atoms with Gasteiger partial charge in [0.15, 0.2) is 5.78 Å². The van der Waals surface area contributed by atoms with Crippen LogP contribution in [0, 0.1) is 0 Å². The first-order chi connectivity index (χ1) is 10.6. The number of Topliss-reactive ketones (excluding diaryl/α,β-unsaturated/α-hetero) is 1. The lowest BCUT2D eigenvalue weighted by Gasteiger charge is -2.34. The van der Waals surface area contributed by atoms with Crippen molar-refractivity contribution in [2.45, 2.75) is 38.6 Å². The van der Waals surface area contributed by atoms with E-state index in [-0.39, 0.29) is 24.3 Å². The van der Waals surface area contributed by atoms with Gasteiger partial charge < -0.3 is 10.4 Å². The Morgan fingerprint density at radius 2 is 2.27 bits per heavy atom. The van der Waals surface area contributed by atoms with Crippen LogP contribution in [-0.2, 0) is 0 Å². The lowest BCUT2D eigenvalue weighted by molar-refractivity contribution is 0.0868. The molecule has 0 bridgehead atoms. The van der Waals surface area contributed by atoms with Gasteiger partial charge >= 0.3 is 0 Å². The van der Waals surface area contributed by atoms with Gasteiger partial charge in [-0.2, -0.15) is 0 Å². The van der Waals surface area contributed by atoms with E-state index in [9.17, 15) is 14.7 Å². The van der Waals surface area contributed by atoms with Gasteiger partial charge in [-0.3, -0.25) is 14.5 Å². The summed E-state index contributed by atoms with van der Waals surface area (Å²) >= 11 is 1.30. The molecule has 122 valence electrons. The monoisotopic (exact) mass is 324 g/mol. The van der Waals surface area contributed by atoms with Gasteiger partial charge in [-0.25, -0.2) is 0 Å². The lowest BCUT2D eigenvalue weighted by Crippen LogP contribution is -2.43. The SMILES string of the molecule is CC(=O)c1cc(C(=O)NCCCN2CCCCC2CO)cs1. The fraction of sp³-hybridized carbons (Fsp3) is 0.625. The number of hydrogen-bond acceptors (Lipinski definition) is 5. The molecule has 0 spiro atoms. The number of rotatable bonds is 7. The molecule has 2 heterocycles. The topological polar surface area (TPSA) is 69.6 Å². The van der Waals surface area contributed by atoms with Crippen molar-refractivity contribution in [2.75, 3.05) is 26.2 Å². The fourth-order valence-corrected chi connectivity index (χ4v) is 3.58. The van der Waals surface area contributed by atoms with Gasteiger partial charge in [0.1, 0.15) is 0 Å². The van der Waals surface area contributed by atoms with Crippen LogP contribution in [-0.4, -0.2) is 54.0 Å². The van der Waals surface area contributed by atoms with E-state index >= 15 is 0 Å². The van der Waals surface area contributed by atoms with Crippen molar-refractivity contribution in [1.82, 2.24) is 10.2 Å². The molecule has 22 heavy (non-hydrogen) atoms. The van der Waals surface area contributed by atoms with Gasteiger partial charge in [0, 0.05) is 24.5 Å². The van der Waals surface area contributed by atoms with E-state index < -0.39 is 0 Å². The van der Waals surface area contributed by atoms with Crippen LogP contribution in [0.15, 0.2) is 11.4 Å². The number of aliphatic hydroxyl groups excluding tert-OH is 1. The third-order valence-electron chi connectivity index (χ3n) is 4.08. The van der Waals surface area contributed by atoms with E-state index in [1.807, 2.05) is 0 Å². The van der Waals surface area contributed by atoms with E-state index in [1.165, 1.54) is 31.1 Å². The van der Waals surface area contributed by atoms with E-state index in [1.54, 1.807) is 11.4 Å². The third-order valence-corrected chi connectivity index (χ3v) is 5.11. The van der Waals surface area contributed by atoms with Crippen LogP contribution in [0.1, 0.15) is 52.6 Å². The van der Waals surface area contributed by atoms with Crippen LogP contribution in [0.5, 0.6) is 0 Å². The number of carbonyl (C=O) groups is 2. The summed E-state index contributed by atoms with van der Waals surface area (Å²) in [5.41, 5.74) is 0.557. The first-order valence-corrected chi connectivity index (χ1v) is 8.72. The highest BCUT2D eigenvalue weighted by molar-refractivity contribution is 7.12. The van der Waals surface area contributed by atoms with Gasteiger partial charge in [-0.1, -0.05) is 6.42 Å². The Hall–Kier alpha value is -1.24. The first-order valence-electron chi connectivity index (χ1n) is 7.84. The number of thiophene rings is 1. The Labute approximate surface area is 135 Å². The molecular formula is C16H24N2O3S. The average Bonchev–Trinajstić information content (AvgIpc) is 3.02. The van der Waals surface area contributed by atoms with Gasteiger partial charge in [0.2, 0.25) is 0 Å². The minimum absolute atomic E-state index is 0.0100. The lowest BCUT2D eigenvalue weighted by atomic mass is 10.0. The van der Waals surface area contributed by atoms with Crippen molar-refractivity contribution >= 4 is 23.0 Å². The summed E-state index contributed by atoms with van der Waals surface area (Å²) in [5, 5.41) is 14.0. The van der Waals surface area contributed by atoms with Gasteiger partial charge in [-0.15, -0.1) is 11.3 Å². The zero-order chi connectivity index (χ0) is 15.9. The summed E-state index contributed by atoms with van der Waals surface area (Å²) in [6, 6.07) is 1.92. The summed E-state index contributed by atoms with van der Waals surface area (Å²) in [4.78, 5) is 26.1. The van der Waals surface area contributed by atoms with Crippen molar-refractivity contribution in [3.05, 3.63) is 21.9 Å². The van der Waals surface area contributed by atoms with Crippen molar-refractivity contribution in [3.63, 3.8) is 0 Å². The van der Waals surface area contributed by atoms with Crippen LogP contribution in [0.25, 0.3) is 0 Å². The summed E-state index contributed by atoms with van der Waals surface area (Å²) in [7, 11) is 0. The number of aliphatic hydroxyl groups is 1. The molecule has 1 saturated heterocycles. The zero-order valence-corrected chi connectivity index (χ0v) is 13.8. The van der Waals surface area contributed by atoms with Crippen molar-refractivity contribution in [3.8, 4) is 0 Å². The number of ketones is 1. The summed E-state index contributed by atoms with van der Waals surface area (Å²) in [5.74, 6) is -0.134. The maximum atomic E-state index is 12.0. The van der Waals surface area contributed by atoms with E-state index in [0.717, 1.165) is 25.9 Å². The van der Waals surface area contributed by atoms with Crippen molar-refractivity contribution in [1.29, 1.82) is 0 Å². The molecule has 2 rings (SSSR count). The molecule has 0 aromatic carbocycles. The molecule has 1 aliphatic rings. The molecule has 1 atom stereocenters. The van der Waals surface area contributed by atoms with Gasteiger partial charge in [0.05, 0.1) is 17.0 Å². The Bertz CT molecular complexity index is 515. The smallest absolute Gasteiger partial charge is 0.252 e. The highest BCUT2D eigenvalue weighted by atomic mass is 32.1. The van der Waals surface area contributed by atoms with Crippen molar-refractivity contribution < 1.29 is 14.7 Å². The number of nitrogens with one attached hydrogen (secondary N) is 1. The molecule has 5 nitrogen and oxygen atoms in total. The standard InChI is InChI=1S/C16H24N2O3S/c1-12(20)15-9-13(11-22-15)16(21)17-6-4-8-18-7-3-2-5-14(18)10-19/h9,11,14,19H,2-8,10H2,1H3,(H,17,21). The molecule has 1 aliphatic heterocycles. The molecule has 1 amide bonds. The molecule has 0 saturated carbocycles. The predicted molar refractivity (Wildman–Crippen MR) is 87.6 cm³/mol. The number of carbonyl (C=O) groups excluding carboxylic acids is 2.